The van der Waals surface area contributed by atoms with Crippen LogP contribution in [0, 0.1) is 6.92 Å². The molecule has 0 N–H and O–H groups in total. The van der Waals surface area contributed by atoms with Crippen LogP contribution in [0.15, 0.2) is 36.7 Å². The molecule has 1 aromatic carbocycles. The fraction of sp³-hybridized carbons (Fsp3) is 0.333. The Bertz CT molecular complexity index is 477. The molecule has 2 aromatic rings. The quantitative estimate of drug-likeness (QED) is 0.751. The summed E-state index contributed by atoms with van der Waals surface area (Å²) in [4.78, 5) is 8.60. The van der Waals surface area contributed by atoms with Gasteiger partial charge in [-0.25, -0.2) is 9.97 Å². The van der Waals surface area contributed by atoms with E-state index in [0.29, 0.717) is 0 Å². The lowest BCUT2D eigenvalue weighted by atomic mass is 10.2. The number of nitrogens with zero attached hydrogens (tertiary/aromatic N) is 2. The van der Waals surface area contributed by atoms with E-state index < -0.39 is 0 Å². The highest BCUT2D eigenvalue weighted by Crippen LogP contribution is 2.19. The van der Waals surface area contributed by atoms with Gasteiger partial charge in [-0.1, -0.05) is 13.3 Å². The number of unbranched alkanes of at least 4 members (excludes halogenated alkanes) is 1. The van der Waals surface area contributed by atoms with Gasteiger partial charge in [0.25, 0.3) is 0 Å². The zero-order valence-corrected chi connectivity index (χ0v) is 10.9. The smallest absolute Gasteiger partial charge is 0.159 e. The number of ether oxygens (including phenoxy) is 1. The lowest BCUT2D eigenvalue weighted by Crippen LogP contribution is -1.96. The number of rotatable bonds is 5. The summed E-state index contributed by atoms with van der Waals surface area (Å²) in [6.45, 7) is 4.91. The second kappa shape index (κ2) is 6.15. The maximum atomic E-state index is 5.62. The highest BCUT2D eigenvalue weighted by Gasteiger charge is 2.01. The van der Waals surface area contributed by atoms with Gasteiger partial charge < -0.3 is 4.74 Å². The predicted octanol–water partition coefficient (Wildman–Crippen LogP) is 3.63. The minimum absolute atomic E-state index is 0.751. The lowest BCUT2D eigenvalue weighted by Gasteiger charge is -2.06. The third-order valence-corrected chi connectivity index (χ3v) is 2.66. The van der Waals surface area contributed by atoms with Crippen LogP contribution >= 0.6 is 0 Å². The van der Waals surface area contributed by atoms with E-state index in [1.165, 1.54) is 0 Å². The van der Waals surface area contributed by atoms with Crippen molar-refractivity contribution in [3.05, 3.63) is 42.2 Å². The first kappa shape index (κ1) is 12.6. The average Bonchev–Trinajstić information content (AvgIpc) is 2.41. The minimum atomic E-state index is 0.751. The summed E-state index contributed by atoms with van der Waals surface area (Å²) in [7, 11) is 0. The van der Waals surface area contributed by atoms with E-state index in [1.807, 2.05) is 43.6 Å². The van der Waals surface area contributed by atoms with Crippen molar-refractivity contribution in [1.29, 1.82) is 0 Å². The van der Waals surface area contributed by atoms with E-state index in [1.54, 1.807) is 0 Å². The molecule has 0 fully saturated rings. The highest BCUT2D eigenvalue weighted by atomic mass is 16.5. The number of benzene rings is 1. The Morgan fingerprint density at radius 2 is 1.72 bits per heavy atom. The molecule has 0 aliphatic heterocycles. The maximum Gasteiger partial charge on any atom is 0.159 e. The second-order valence-electron chi connectivity index (χ2n) is 4.31. The van der Waals surface area contributed by atoms with E-state index in [0.717, 1.165) is 42.1 Å². The van der Waals surface area contributed by atoms with Gasteiger partial charge in [0.1, 0.15) is 5.75 Å². The molecule has 1 heterocycles. The Kier molecular flexibility index (Phi) is 4.29. The van der Waals surface area contributed by atoms with Crippen molar-refractivity contribution >= 4 is 0 Å². The van der Waals surface area contributed by atoms with Crippen LogP contribution in [0.4, 0.5) is 0 Å². The number of hydrogen-bond acceptors (Lipinski definition) is 3. The maximum absolute atomic E-state index is 5.62. The molecule has 0 atom stereocenters. The van der Waals surface area contributed by atoms with Gasteiger partial charge in [0.15, 0.2) is 5.82 Å². The van der Waals surface area contributed by atoms with Gasteiger partial charge >= 0.3 is 0 Å². The largest absolute Gasteiger partial charge is 0.494 e. The summed E-state index contributed by atoms with van der Waals surface area (Å²) in [5.41, 5.74) is 2.08. The van der Waals surface area contributed by atoms with Crippen LogP contribution in [-0.2, 0) is 0 Å². The molecule has 18 heavy (non-hydrogen) atoms. The van der Waals surface area contributed by atoms with E-state index in [-0.39, 0.29) is 0 Å². The SMILES string of the molecule is CCCCOc1ccc(-c2ncc(C)cn2)cc1. The Morgan fingerprint density at radius 1 is 1.06 bits per heavy atom. The van der Waals surface area contributed by atoms with Crippen molar-refractivity contribution in [3.63, 3.8) is 0 Å². The van der Waals surface area contributed by atoms with Gasteiger partial charge in [0.05, 0.1) is 6.61 Å². The van der Waals surface area contributed by atoms with E-state index >= 15 is 0 Å². The first-order valence-corrected chi connectivity index (χ1v) is 6.31. The van der Waals surface area contributed by atoms with Crippen molar-refractivity contribution in [1.82, 2.24) is 9.97 Å². The van der Waals surface area contributed by atoms with Gasteiger partial charge in [0.2, 0.25) is 0 Å². The fourth-order valence-corrected chi connectivity index (χ4v) is 1.58. The van der Waals surface area contributed by atoms with Crippen LogP contribution in [0.3, 0.4) is 0 Å². The number of aromatic nitrogens is 2. The molecule has 94 valence electrons. The molecule has 3 heteroatoms. The topological polar surface area (TPSA) is 35.0 Å². The Balaban J connectivity index is 2.05. The number of aryl methyl sites for hydroxylation is 1. The van der Waals surface area contributed by atoms with Crippen molar-refractivity contribution < 1.29 is 4.74 Å². The molecule has 0 bridgehead atoms. The average molecular weight is 242 g/mol. The summed E-state index contributed by atoms with van der Waals surface area (Å²) in [5.74, 6) is 1.65. The number of hydrogen-bond donors (Lipinski definition) is 0. The van der Waals surface area contributed by atoms with Gasteiger partial charge in [-0.15, -0.1) is 0 Å². The summed E-state index contributed by atoms with van der Waals surface area (Å²) in [5, 5.41) is 0. The zero-order chi connectivity index (χ0) is 12.8. The Morgan fingerprint density at radius 3 is 2.33 bits per heavy atom. The van der Waals surface area contributed by atoms with Crippen LogP contribution < -0.4 is 4.74 Å². The third kappa shape index (κ3) is 3.29. The molecule has 0 unspecified atom stereocenters. The predicted molar refractivity (Wildman–Crippen MR) is 72.6 cm³/mol. The molecule has 1 aromatic heterocycles. The molecule has 0 aliphatic rings. The molecule has 0 amide bonds. The van der Waals surface area contributed by atoms with Crippen molar-refractivity contribution in [3.8, 4) is 17.1 Å². The Labute approximate surface area is 108 Å². The first-order valence-electron chi connectivity index (χ1n) is 6.31. The van der Waals surface area contributed by atoms with Crippen LogP contribution in [0.1, 0.15) is 25.3 Å². The molecule has 2 rings (SSSR count). The van der Waals surface area contributed by atoms with Crippen molar-refractivity contribution in [2.75, 3.05) is 6.61 Å². The van der Waals surface area contributed by atoms with Crippen LogP contribution in [0.2, 0.25) is 0 Å². The Hall–Kier alpha value is -1.90. The summed E-state index contributed by atoms with van der Waals surface area (Å²) >= 11 is 0. The molecule has 0 spiro atoms. The molecule has 3 nitrogen and oxygen atoms in total. The fourth-order valence-electron chi connectivity index (χ4n) is 1.58. The van der Waals surface area contributed by atoms with Gasteiger partial charge in [-0.2, -0.15) is 0 Å². The normalized spacial score (nSPS) is 10.3. The lowest BCUT2D eigenvalue weighted by molar-refractivity contribution is 0.309. The van der Waals surface area contributed by atoms with Crippen LogP contribution in [-0.4, -0.2) is 16.6 Å². The minimum Gasteiger partial charge on any atom is -0.494 e. The van der Waals surface area contributed by atoms with Gasteiger partial charge in [0, 0.05) is 18.0 Å². The standard InChI is InChI=1S/C15H18N2O/c1-3-4-9-18-14-7-5-13(6-8-14)15-16-10-12(2)11-17-15/h5-8,10-11H,3-4,9H2,1-2H3. The second-order valence-corrected chi connectivity index (χ2v) is 4.31. The molecule has 0 radical (unpaired) electrons. The van der Waals surface area contributed by atoms with E-state index in [2.05, 4.69) is 16.9 Å². The van der Waals surface area contributed by atoms with E-state index in [9.17, 15) is 0 Å². The summed E-state index contributed by atoms with van der Waals surface area (Å²) in [6, 6.07) is 7.92. The molecule has 0 saturated carbocycles. The molecule has 0 saturated heterocycles. The molecular weight excluding hydrogens is 224 g/mol. The molecule has 0 aliphatic carbocycles. The third-order valence-electron chi connectivity index (χ3n) is 2.66. The van der Waals surface area contributed by atoms with Crippen molar-refractivity contribution in [2.24, 2.45) is 0 Å². The van der Waals surface area contributed by atoms with Gasteiger partial charge in [-0.3, -0.25) is 0 Å². The highest BCUT2D eigenvalue weighted by molar-refractivity contribution is 5.55. The summed E-state index contributed by atoms with van der Waals surface area (Å²) < 4.78 is 5.62. The zero-order valence-electron chi connectivity index (χ0n) is 10.9. The van der Waals surface area contributed by atoms with E-state index in [4.69, 9.17) is 4.74 Å². The monoisotopic (exact) mass is 242 g/mol. The van der Waals surface area contributed by atoms with Crippen molar-refractivity contribution in [2.45, 2.75) is 26.7 Å². The van der Waals surface area contributed by atoms with Crippen LogP contribution in [0.5, 0.6) is 5.75 Å². The molecular formula is C15H18N2O. The first-order chi connectivity index (χ1) is 8.79. The van der Waals surface area contributed by atoms with Gasteiger partial charge in [-0.05, 0) is 43.2 Å². The summed E-state index contributed by atoms with van der Waals surface area (Å²) in [6.07, 6.45) is 5.89. The van der Waals surface area contributed by atoms with Crippen LogP contribution in [0.25, 0.3) is 11.4 Å².